The second-order valence-corrected chi connectivity index (χ2v) is 7.77. The number of rotatable bonds is 9. The standard InChI is InChI=1S/C19H25N3O4S/c1-12(2)10-16(17(23)21-15(19(25)26)8-9-27-3)22-11-20-14-7-5-4-6-13(14)18(22)24/h4-7,11-12,15-16H,8-10H2,1-3H3,(H,21,23)(H,25,26)/p-1/t15-,16-/m0/s1. The van der Waals surface area contributed by atoms with Gasteiger partial charge in [-0.05, 0) is 42.9 Å². The number of hydrogen-bond acceptors (Lipinski definition) is 6. The summed E-state index contributed by atoms with van der Waals surface area (Å²) in [6.07, 6.45) is 3.85. The zero-order valence-electron chi connectivity index (χ0n) is 15.7. The quantitative estimate of drug-likeness (QED) is 0.684. The molecule has 0 aliphatic heterocycles. The van der Waals surface area contributed by atoms with Crippen molar-refractivity contribution in [2.45, 2.75) is 38.8 Å². The van der Waals surface area contributed by atoms with Crippen molar-refractivity contribution in [2.24, 2.45) is 5.92 Å². The van der Waals surface area contributed by atoms with Crippen molar-refractivity contribution < 1.29 is 14.7 Å². The molecule has 2 rings (SSSR count). The van der Waals surface area contributed by atoms with Crippen LogP contribution in [-0.4, -0.2) is 39.5 Å². The van der Waals surface area contributed by atoms with E-state index in [0.29, 0.717) is 23.1 Å². The number of carbonyl (C=O) groups is 2. The highest BCUT2D eigenvalue weighted by Crippen LogP contribution is 2.18. The van der Waals surface area contributed by atoms with Crippen LogP contribution in [0.25, 0.3) is 10.9 Å². The third-order valence-electron chi connectivity index (χ3n) is 4.23. The van der Waals surface area contributed by atoms with Crippen molar-refractivity contribution >= 4 is 34.5 Å². The lowest BCUT2D eigenvalue weighted by Gasteiger charge is -2.25. The highest BCUT2D eigenvalue weighted by Gasteiger charge is 2.26. The number of carboxylic acid groups (broad SMARTS) is 1. The minimum absolute atomic E-state index is 0.117. The minimum atomic E-state index is -1.33. The van der Waals surface area contributed by atoms with E-state index in [2.05, 4.69) is 10.3 Å². The molecule has 1 N–H and O–H groups in total. The van der Waals surface area contributed by atoms with Gasteiger partial charge < -0.3 is 15.2 Å². The Bertz CT molecular complexity index is 865. The molecular weight excluding hydrogens is 366 g/mol. The zero-order chi connectivity index (χ0) is 20.0. The molecule has 0 aliphatic rings. The van der Waals surface area contributed by atoms with E-state index in [-0.39, 0.29) is 17.9 Å². The lowest BCUT2D eigenvalue weighted by atomic mass is 10.0. The van der Waals surface area contributed by atoms with Crippen LogP contribution < -0.4 is 16.0 Å². The van der Waals surface area contributed by atoms with Gasteiger partial charge in [-0.3, -0.25) is 14.2 Å². The topological polar surface area (TPSA) is 104 Å². The Balaban J connectivity index is 2.37. The third kappa shape index (κ3) is 5.32. The van der Waals surface area contributed by atoms with Crippen molar-refractivity contribution in [2.75, 3.05) is 12.0 Å². The highest BCUT2D eigenvalue weighted by molar-refractivity contribution is 7.98. The smallest absolute Gasteiger partial charge is 0.261 e. The van der Waals surface area contributed by atoms with Crippen molar-refractivity contribution in [3.63, 3.8) is 0 Å². The Kier molecular flexibility index (Phi) is 7.41. The second-order valence-electron chi connectivity index (χ2n) is 6.78. The number of para-hydroxylation sites is 1. The van der Waals surface area contributed by atoms with Gasteiger partial charge >= 0.3 is 0 Å². The van der Waals surface area contributed by atoms with E-state index in [1.165, 1.54) is 22.7 Å². The molecule has 0 bridgehead atoms. The molecule has 1 amide bonds. The predicted octanol–water partition coefficient (Wildman–Crippen LogP) is 0.972. The molecule has 0 aliphatic carbocycles. The summed E-state index contributed by atoms with van der Waals surface area (Å²) in [5, 5.41) is 14.3. The molecule has 1 heterocycles. The predicted molar refractivity (Wildman–Crippen MR) is 104 cm³/mol. The van der Waals surface area contributed by atoms with Gasteiger partial charge in [0.05, 0.1) is 29.2 Å². The maximum absolute atomic E-state index is 12.9. The number of amides is 1. The third-order valence-corrected chi connectivity index (χ3v) is 4.88. The number of carbonyl (C=O) groups excluding carboxylic acids is 2. The van der Waals surface area contributed by atoms with Gasteiger partial charge in [-0.25, -0.2) is 4.98 Å². The Morgan fingerprint density at radius 1 is 1.30 bits per heavy atom. The van der Waals surface area contributed by atoms with Crippen molar-refractivity contribution in [1.29, 1.82) is 0 Å². The molecule has 2 atom stereocenters. The summed E-state index contributed by atoms with van der Waals surface area (Å²) in [5.41, 5.74) is 0.227. The first kappa shape index (κ1) is 21.0. The van der Waals surface area contributed by atoms with Crippen LogP contribution in [0, 0.1) is 5.92 Å². The van der Waals surface area contributed by atoms with E-state index in [1.807, 2.05) is 20.1 Å². The fraction of sp³-hybridized carbons (Fsp3) is 0.474. The van der Waals surface area contributed by atoms with Gasteiger partial charge in [-0.2, -0.15) is 11.8 Å². The fourth-order valence-corrected chi connectivity index (χ4v) is 3.32. The monoisotopic (exact) mass is 390 g/mol. The average Bonchev–Trinajstić information content (AvgIpc) is 2.63. The van der Waals surface area contributed by atoms with Gasteiger partial charge in [-0.1, -0.05) is 26.0 Å². The molecule has 8 heteroatoms. The van der Waals surface area contributed by atoms with Gasteiger partial charge in [0.15, 0.2) is 0 Å². The number of aromatic nitrogens is 2. The van der Waals surface area contributed by atoms with Gasteiger partial charge in [0, 0.05) is 0 Å². The maximum Gasteiger partial charge on any atom is 0.261 e. The van der Waals surface area contributed by atoms with Gasteiger partial charge in [0.2, 0.25) is 5.91 Å². The van der Waals surface area contributed by atoms with Gasteiger partial charge in [0.25, 0.3) is 5.56 Å². The molecule has 1 aromatic carbocycles. The second kappa shape index (κ2) is 9.55. The van der Waals surface area contributed by atoms with E-state index in [9.17, 15) is 19.5 Å². The number of nitrogens with zero attached hydrogens (tertiary/aromatic N) is 2. The van der Waals surface area contributed by atoms with Crippen LogP contribution in [0.15, 0.2) is 35.4 Å². The van der Waals surface area contributed by atoms with Crippen LogP contribution in [0.5, 0.6) is 0 Å². The van der Waals surface area contributed by atoms with E-state index < -0.39 is 24.0 Å². The number of thioether (sulfide) groups is 1. The Labute approximate surface area is 162 Å². The molecule has 0 saturated carbocycles. The maximum atomic E-state index is 12.9. The number of carboxylic acids is 1. The molecule has 0 saturated heterocycles. The summed E-state index contributed by atoms with van der Waals surface area (Å²) in [5.74, 6) is -1.15. The summed E-state index contributed by atoms with van der Waals surface area (Å²) in [6.45, 7) is 3.87. The molecule has 0 radical (unpaired) electrons. The van der Waals surface area contributed by atoms with Crippen molar-refractivity contribution in [3.8, 4) is 0 Å². The fourth-order valence-electron chi connectivity index (χ4n) is 2.85. The van der Waals surface area contributed by atoms with Gasteiger partial charge in [0.1, 0.15) is 6.04 Å². The molecule has 146 valence electrons. The van der Waals surface area contributed by atoms with Crippen LogP contribution in [0.3, 0.4) is 0 Å². The Morgan fingerprint density at radius 3 is 2.63 bits per heavy atom. The molecular formula is C19H24N3O4S-. The lowest BCUT2D eigenvalue weighted by molar-refractivity contribution is -0.308. The normalized spacial score (nSPS) is 13.5. The van der Waals surface area contributed by atoms with E-state index in [1.54, 1.807) is 24.3 Å². The van der Waals surface area contributed by atoms with Crippen molar-refractivity contribution in [3.05, 3.63) is 40.9 Å². The molecule has 7 nitrogen and oxygen atoms in total. The number of hydrogen-bond donors (Lipinski definition) is 1. The molecule has 0 fully saturated rings. The van der Waals surface area contributed by atoms with E-state index >= 15 is 0 Å². The van der Waals surface area contributed by atoms with Crippen LogP contribution in [-0.2, 0) is 9.59 Å². The summed E-state index contributed by atoms with van der Waals surface area (Å²) in [7, 11) is 0. The molecule has 1 aromatic heterocycles. The van der Waals surface area contributed by atoms with Crippen LogP contribution in [0.2, 0.25) is 0 Å². The lowest BCUT2D eigenvalue weighted by Crippen LogP contribution is -2.51. The van der Waals surface area contributed by atoms with Gasteiger partial charge in [-0.15, -0.1) is 0 Å². The first-order chi connectivity index (χ1) is 12.8. The van der Waals surface area contributed by atoms with Crippen molar-refractivity contribution in [1.82, 2.24) is 14.9 Å². The van der Waals surface area contributed by atoms with E-state index in [4.69, 9.17) is 0 Å². The van der Waals surface area contributed by atoms with Crippen LogP contribution >= 0.6 is 11.8 Å². The molecule has 0 spiro atoms. The molecule has 27 heavy (non-hydrogen) atoms. The largest absolute Gasteiger partial charge is 0.548 e. The average molecular weight is 390 g/mol. The first-order valence-electron chi connectivity index (χ1n) is 8.81. The number of nitrogens with one attached hydrogen (secondary N) is 1. The highest BCUT2D eigenvalue weighted by atomic mass is 32.2. The number of aliphatic carboxylic acids is 1. The summed E-state index contributed by atoms with van der Waals surface area (Å²) in [4.78, 5) is 41.3. The van der Waals surface area contributed by atoms with E-state index in [0.717, 1.165) is 0 Å². The molecule has 2 aromatic rings. The SMILES string of the molecule is CSCC[C@H](NC(=O)[C@H](CC(C)C)n1cnc2ccccc2c1=O)C(=O)[O-]. The number of fused-ring (bicyclic) bond motifs is 1. The van der Waals surface area contributed by atoms with Crippen LogP contribution in [0.4, 0.5) is 0 Å². The first-order valence-corrected chi connectivity index (χ1v) is 10.2. The number of benzene rings is 1. The Morgan fingerprint density at radius 2 is 2.00 bits per heavy atom. The van der Waals surface area contributed by atoms with Crippen LogP contribution in [0.1, 0.15) is 32.7 Å². The Hall–Kier alpha value is -2.35. The summed E-state index contributed by atoms with van der Waals surface area (Å²) < 4.78 is 1.29. The summed E-state index contributed by atoms with van der Waals surface area (Å²) in [6, 6.07) is 4.98. The molecule has 0 unspecified atom stereocenters. The zero-order valence-corrected chi connectivity index (χ0v) is 16.5. The summed E-state index contributed by atoms with van der Waals surface area (Å²) >= 11 is 1.49. The minimum Gasteiger partial charge on any atom is -0.548 e.